The van der Waals surface area contributed by atoms with Crippen molar-refractivity contribution >= 4 is 35.1 Å². The number of halogens is 3. The molecule has 0 saturated heterocycles. The number of hydrogen-bond acceptors (Lipinski definition) is 3. The van der Waals surface area contributed by atoms with E-state index in [1.165, 1.54) is 13.0 Å². The van der Waals surface area contributed by atoms with Crippen molar-refractivity contribution in [1.29, 1.82) is 0 Å². The maximum Gasteiger partial charge on any atom is 0.408 e. The van der Waals surface area contributed by atoms with Crippen LogP contribution in [0.4, 0.5) is 9.18 Å². The maximum atomic E-state index is 14.1. The maximum absolute atomic E-state index is 14.1. The normalized spacial score (nSPS) is 14.9. The number of rotatable bonds is 6. The summed E-state index contributed by atoms with van der Waals surface area (Å²) in [7, 11) is 0. The molecule has 1 aromatic rings. The lowest BCUT2D eigenvalue weighted by Crippen LogP contribution is -2.51. The molecule has 0 fully saturated rings. The summed E-state index contributed by atoms with van der Waals surface area (Å²) in [6.45, 7) is 11.8. The summed E-state index contributed by atoms with van der Waals surface area (Å²) in [5, 5.41) is 2.88. The van der Waals surface area contributed by atoms with Gasteiger partial charge in [0.2, 0.25) is 0 Å². The van der Waals surface area contributed by atoms with Crippen LogP contribution in [0.25, 0.3) is 0 Å². The number of hydrogen-bond donors (Lipinski definition) is 1. The molecule has 0 aromatic heterocycles. The number of amides is 1. The topological polar surface area (TPSA) is 55.4 Å². The van der Waals surface area contributed by atoms with E-state index in [0.717, 1.165) is 6.08 Å². The number of alkyl carbamates (subject to hydrolysis) is 1. The van der Waals surface area contributed by atoms with Crippen molar-refractivity contribution < 1.29 is 18.7 Å². The highest BCUT2D eigenvalue weighted by Gasteiger charge is 2.39. The third-order valence-corrected chi connectivity index (χ3v) is 4.35. The fraction of sp³-hybridized carbons (Fsp3) is 0.333. The Kier molecular flexibility index (Phi) is 8.03. The van der Waals surface area contributed by atoms with Crippen LogP contribution in [0.1, 0.15) is 40.2 Å². The Morgan fingerprint density at radius 2 is 1.71 bits per heavy atom. The van der Waals surface area contributed by atoms with Gasteiger partial charge in [-0.1, -0.05) is 48.0 Å². The second kappa shape index (κ2) is 9.39. The molecule has 7 heteroatoms. The first-order valence-corrected chi connectivity index (χ1v) is 9.26. The van der Waals surface area contributed by atoms with Crippen molar-refractivity contribution in [3.8, 4) is 0 Å². The van der Waals surface area contributed by atoms with Gasteiger partial charge in [-0.3, -0.25) is 4.79 Å². The van der Waals surface area contributed by atoms with Gasteiger partial charge in [-0.2, -0.15) is 0 Å². The van der Waals surface area contributed by atoms with E-state index in [-0.39, 0.29) is 10.6 Å². The summed E-state index contributed by atoms with van der Waals surface area (Å²) >= 11 is 11.7. The minimum atomic E-state index is -1.57. The predicted octanol–water partition coefficient (Wildman–Crippen LogP) is 6.20. The molecule has 1 amide bonds. The number of allylic oxidation sites excluding steroid dienone is 4. The van der Waals surface area contributed by atoms with Crippen LogP contribution in [0.3, 0.4) is 0 Å². The van der Waals surface area contributed by atoms with Crippen molar-refractivity contribution in [1.82, 2.24) is 5.32 Å². The summed E-state index contributed by atoms with van der Waals surface area (Å²) in [6.07, 6.45) is 1.47. The van der Waals surface area contributed by atoms with E-state index in [1.807, 2.05) is 0 Å². The second-order valence-electron chi connectivity index (χ2n) is 7.24. The molecule has 0 aliphatic rings. The Morgan fingerprint density at radius 1 is 1.18 bits per heavy atom. The number of Topliss-reactive ketones (excluding diaryl/α,β-unsaturated/α-hetero) is 1. The first kappa shape index (κ1) is 23.9. The highest BCUT2D eigenvalue weighted by Crippen LogP contribution is 2.28. The Bertz CT molecular complexity index is 823. The van der Waals surface area contributed by atoms with Gasteiger partial charge in [0.25, 0.3) is 0 Å². The van der Waals surface area contributed by atoms with Gasteiger partial charge < -0.3 is 10.1 Å². The SMILES string of the molecule is C=C(/C=C(F)\C(Cl)=C/C)C(=O)C(C)(NC(=O)OC(C)(C)C)c1ccc(Cl)cc1. The van der Waals surface area contributed by atoms with Gasteiger partial charge in [0.05, 0.1) is 5.03 Å². The molecule has 1 atom stereocenters. The van der Waals surface area contributed by atoms with Crippen molar-refractivity contribution in [3.05, 3.63) is 70.0 Å². The zero-order valence-corrected chi connectivity index (χ0v) is 18.0. The molecule has 0 heterocycles. The first-order chi connectivity index (χ1) is 12.8. The minimum Gasteiger partial charge on any atom is -0.444 e. The molecule has 0 saturated carbocycles. The van der Waals surface area contributed by atoms with E-state index < -0.39 is 28.8 Å². The molecule has 0 aliphatic heterocycles. The van der Waals surface area contributed by atoms with Gasteiger partial charge in [0, 0.05) is 10.6 Å². The van der Waals surface area contributed by atoms with Crippen LogP contribution in [0.15, 0.2) is 59.4 Å². The molecular formula is C21H24Cl2FNO3. The molecule has 152 valence electrons. The average molecular weight is 428 g/mol. The lowest BCUT2D eigenvalue weighted by atomic mass is 9.84. The summed E-state index contributed by atoms with van der Waals surface area (Å²) < 4.78 is 19.3. The third kappa shape index (κ3) is 6.50. The van der Waals surface area contributed by atoms with E-state index in [9.17, 15) is 14.0 Å². The lowest BCUT2D eigenvalue weighted by molar-refractivity contribution is -0.121. The molecule has 1 aromatic carbocycles. The van der Waals surface area contributed by atoms with Crippen LogP contribution in [0.2, 0.25) is 5.02 Å². The summed E-state index contributed by atoms with van der Waals surface area (Å²) in [5.41, 5.74) is -2.08. The second-order valence-corrected chi connectivity index (χ2v) is 8.09. The minimum absolute atomic E-state index is 0.151. The van der Waals surface area contributed by atoms with Crippen molar-refractivity contribution in [2.75, 3.05) is 0 Å². The van der Waals surface area contributed by atoms with Crippen LogP contribution < -0.4 is 5.32 Å². The van der Waals surface area contributed by atoms with Crippen LogP contribution in [-0.2, 0) is 15.1 Å². The molecule has 1 N–H and O–H groups in total. The molecule has 0 spiro atoms. The van der Waals surface area contributed by atoms with Crippen LogP contribution in [0.5, 0.6) is 0 Å². The monoisotopic (exact) mass is 427 g/mol. The van der Waals surface area contributed by atoms with E-state index in [4.69, 9.17) is 27.9 Å². The van der Waals surface area contributed by atoms with E-state index in [2.05, 4.69) is 11.9 Å². The van der Waals surface area contributed by atoms with Crippen LogP contribution in [-0.4, -0.2) is 17.5 Å². The number of ketones is 1. The smallest absolute Gasteiger partial charge is 0.408 e. The highest BCUT2D eigenvalue weighted by molar-refractivity contribution is 6.31. The van der Waals surface area contributed by atoms with Gasteiger partial charge in [0.1, 0.15) is 17.0 Å². The molecular weight excluding hydrogens is 404 g/mol. The van der Waals surface area contributed by atoms with Gasteiger partial charge in [0.15, 0.2) is 5.78 Å². The largest absolute Gasteiger partial charge is 0.444 e. The number of carbonyl (C=O) groups is 2. The van der Waals surface area contributed by atoms with Crippen molar-refractivity contribution in [2.24, 2.45) is 0 Å². The van der Waals surface area contributed by atoms with E-state index >= 15 is 0 Å². The zero-order chi connectivity index (χ0) is 21.7. The molecule has 1 rings (SSSR count). The van der Waals surface area contributed by atoms with E-state index in [0.29, 0.717) is 10.6 Å². The van der Waals surface area contributed by atoms with Gasteiger partial charge in [-0.25, -0.2) is 9.18 Å². The van der Waals surface area contributed by atoms with Crippen LogP contribution >= 0.6 is 23.2 Å². The molecule has 1 unspecified atom stereocenters. The highest BCUT2D eigenvalue weighted by atomic mass is 35.5. The van der Waals surface area contributed by atoms with Gasteiger partial charge in [-0.15, -0.1) is 0 Å². The Labute approximate surface area is 175 Å². The zero-order valence-electron chi connectivity index (χ0n) is 16.5. The molecule has 0 aliphatic carbocycles. The lowest BCUT2D eigenvalue weighted by Gasteiger charge is -2.31. The fourth-order valence-electron chi connectivity index (χ4n) is 2.30. The summed E-state index contributed by atoms with van der Waals surface area (Å²) in [6, 6.07) is 6.33. The molecule has 0 bridgehead atoms. The van der Waals surface area contributed by atoms with E-state index in [1.54, 1.807) is 52.0 Å². The molecule has 4 nitrogen and oxygen atoms in total. The Hall–Kier alpha value is -2.11. The Balaban J connectivity index is 3.34. The first-order valence-electron chi connectivity index (χ1n) is 8.50. The Morgan fingerprint density at radius 3 is 2.18 bits per heavy atom. The summed E-state index contributed by atoms with van der Waals surface area (Å²) in [5.74, 6) is -1.44. The number of nitrogens with one attached hydrogen (secondary N) is 1. The fourth-order valence-corrected chi connectivity index (χ4v) is 2.48. The molecule has 28 heavy (non-hydrogen) atoms. The van der Waals surface area contributed by atoms with Gasteiger partial charge in [-0.05, 0) is 58.4 Å². The van der Waals surface area contributed by atoms with Crippen molar-refractivity contribution in [2.45, 2.75) is 45.8 Å². The van der Waals surface area contributed by atoms with Crippen LogP contribution in [0, 0.1) is 0 Å². The third-order valence-electron chi connectivity index (χ3n) is 3.70. The number of benzene rings is 1. The average Bonchev–Trinajstić information content (AvgIpc) is 2.58. The summed E-state index contributed by atoms with van der Waals surface area (Å²) in [4.78, 5) is 25.5. The standard InChI is InChI=1S/C21H24Cl2FNO3/c1-7-16(23)17(24)12-13(2)18(26)21(6,14-8-10-15(22)11-9-14)25-19(27)28-20(3,4)5/h7-12H,2H2,1,3-6H3,(H,25,27)/b16-7+,17-12+. The predicted molar refractivity (Wildman–Crippen MR) is 111 cm³/mol. The number of ether oxygens (including phenoxy) is 1. The quantitative estimate of drug-likeness (QED) is 0.434. The number of carbonyl (C=O) groups excluding carboxylic acids is 2. The van der Waals surface area contributed by atoms with Gasteiger partial charge >= 0.3 is 6.09 Å². The molecule has 0 radical (unpaired) electrons. The van der Waals surface area contributed by atoms with Crippen molar-refractivity contribution in [3.63, 3.8) is 0 Å².